The maximum atomic E-state index is 11.3. The molecule has 1 amide bonds. The van der Waals surface area contributed by atoms with Gasteiger partial charge in [-0.3, -0.25) is 4.79 Å². The van der Waals surface area contributed by atoms with Crippen molar-refractivity contribution in [2.45, 2.75) is 6.42 Å². The summed E-state index contributed by atoms with van der Waals surface area (Å²) in [7, 11) is 1.89. The minimum Gasteiger partial charge on any atom is -0.374 e. The molecule has 1 aromatic carbocycles. The van der Waals surface area contributed by atoms with Gasteiger partial charge in [-0.25, -0.2) is 0 Å². The number of nitrogens with zero attached hydrogens (tertiary/aromatic N) is 1. The van der Waals surface area contributed by atoms with Crippen molar-refractivity contribution in [3.8, 4) is 0 Å². The van der Waals surface area contributed by atoms with Crippen molar-refractivity contribution in [1.29, 1.82) is 0 Å². The Morgan fingerprint density at radius 3 is 2.75 bits per heavy atom. The number of hydrogen-bond acceptors (Lipinski definition) is 3. The summed E-state index contributed by atoms with van der Waals surface area (Å²) in [6.45, 7) is 1.39. The fraction of sp³-hybridized carbons (Fsp3) is 0.364. The third-order valence-corrected chi connectivity index (χ3v) is 2.57. The number of halogens is 1. The van der Waals surface area contributed by atoms with E-state index < -0.39 is 5.91 Å². The summed E-state index contributed by atoms with van der Waals surface area (Å²) >= 11 is 5.82. The molecule has 1 rings (SSSR count). The van der Waals surface area contributed by atoms with E-state index in [4.69, 9.17) is 23.1 Å². The minimum absolute atomic E-state index is 0.437. The first-order chi connectivity index (χ1) is 7.56. The fourth-order valence-corrected chi connectivity index (χ4v) is 1.66. The van der Waals surface area contributed by atoms with Gasteiger partial charge in [-0.1, -0.05) is 11.6 Å². The third-order valence-electron chi connectivity index (χ3n) is 2.33. The Labute approximate surface area is 100 Å². The van der Waals surface area contributed by atoms with Crippen LogP contribution in [-0.2, 0) is 0 Å². The SMILES string of the molecule is CN(CCCN)c1ccc(Cl)cc1C(N)=O. The van der Waals surface area contributed by atoms with E-state index in [9.17, 15) is 4.79 Å². The van der Waals surface area contributed by atoms with Crippen molar-refractivity contribution < 1.29 is 4.79 Å². The van der Waals surface area contributed by atoms with Gasteiger partial charge in [0.05, 0.1) is 5.56 Å². The lowest BCUT2D eigenvalue weighted by Crippen LogP contribution is -2.24. The number of nitrogens with two attached hydrogens (primary N) is 2. The number of carbonyl (C=O) groups is 1. The Balaban J connectivity index is 2.98. The molecule has 5 heteroatoms. The van der Waals surface area contributed by atoms with Crippen LogP contribution in [0.25, 0.3) is 0 Å². The number of carbonyl (C=O) groups excluding carboxylic acids is 1. The van der Waals surface area contributed by atoms with Crippen molar-refractivity contribution >= 4 is 23.2 Å². The summed E-state index contributed by atoms with van der Waals surface area (Å²) < 4.78 is 0. The molecule has 0 atom stereocenters. The number of anilines is 1. The van der Waals surface area contributed by atoms with Crippen molar-refractivity contribution in [3.05, 3.63) is 28.8 Å². The second-order valence-corrected chi connectivity index (χ2v) is 4.03. The van der Waals surface area contributed by atoms with E-state index in [0.717, 1.165) is 18.7 Å². The molecule has 88 valence electrons. The molecule has 0 aliphatic carbocycles. The summed E-state index contributed by atoms with van der Waals surface area (Å²) in [6.07, 6.45) is 0.858. The van der Waals surface area contributed by atoms with Gasteiger partial charge in [0.1, 0.15) is 0 Å². The highest BCUT2D eigenvalue weighted by molar-refractivity contribution is 6.31. The standard InChI is InChI=1S/C11H16ClN3O/c1-15(6-2-5-13)10-4-3-8(12)7-9(10)11(14)16/h3-4,7H,2,5-6,13H2,1H3,(H2,14,16). The van der Waals surface area contributed by atoms with Crippen LogP contribution in [0.5, 0.6) is 0 Å². The molecule has 0 spiro atoms. The van der Waals surface area contributed by atoms with Gasteiger partial charge in [-0.2, -0.15) is 0 Å². The van der Waals surface area contributed by atoms with Crippen LogP contribution < -0.4 is 16.4 Å². The fourth-order valence-electron chi connectivity index (χ4n) is 1.49. The lowest BCUT2D eigenvalue weighted by molar-refractivity contribution is 0.100. The molecule has 0 heterocycles. The second kappa shape index (κ2) is 5.72. The molecule has 0 radical (unpaired) electrons. The van der Waals surface area contributed by atoms with Crippen molar-refractivity contribution in [3.63, 3.8) is 0 Å². The van der Waals surface area contributed by atoms with Crippen molar-refractivity contribution in [1.82, 2.24) is 0 Å². The highest BCUT2D eigenvalue weighted by atomic mass is 35.5. The molecular weight excluding hydrogens is 226 g/mol. The van der Waals surface area contributed by atoms with Gasteiger partial charge in [0.2, 0.25) is 0 Å². The van der Waals surface area contributed by atoms with Crippen LogP contribution in [0, 0.1) is 0 Å². The van der Waals surface area contributed by atoms with E-state index in [1.165, 1.54) is 0 Å². The van der Waals surface area contributed by atoms with Gasteiger partial charge in [-0.15, -0.1) is 0 Å². The molecule has 0 saturated carbocycles. The Kier molecular flexibility index (Phi) is 4.58. The predicted molar refractivity (Wildman–Crippen MR) is 66.9 cm³/mol. The van der Waals surface area contributed by atoms with Gasteiger partial charge in [0, 0.05) is 24.3 Å². The van der Waals surface area contributed by atoms with Crippen LogP contribution in [0.15, 0.2) is 18.2 Å². The summed E-state index contributed by atoms with van der Waals surface area (Å²) in [5.41, 5.74) is 12.0. The summed E-state index contributed by atoms with van der Waals surface area (Å²) in [4.78, 5) is 13.2. The zero-order valence-corrected chi connectivity index (χ0v) is 10.00. The Hall–Kier alpha value is -1.26. The minimum atomic E-state index is -0.475. The number of rotatable bonds is 5. The highest BCUT2D eigenvalue weighted by Crippen LogP contribution is 2.23. The number of primary amides is 1. The molecule has 4 nitrogen and oxygen atoms in total. The largest absolute Gasteiger partial charge is 0.374 e. The average molecular weight is 242 g/mol. The monoisotopic (exact) mass is 241 g/mol. The van der Waals surface area contributed by atoms with Gasteiger partial charge in [-0.05, 0) is 31.2 Å². The number of hydrogen-bond donors (Lipinski definition) is 2. The van der Waals surface area contributed by atoms with E-state index in [1.54, 1.807) is 18.2 Å². The molecule has 0 saturated heterocycles. The van der Waals surface area contributed by atoms with E-state index in [1.807, 2.05) is 11.9 Å². The van der Waals surface area contributed by atoms with Crippen molar-refractivity contribution in [2.24, 2.45) is 11.5 Å². The Morgan fingerprint density at radius 1 is 1.50 bits per heavy atom. The molecule has 0 bridgehead atoms. The first-order valence-corrected chi connectivity index (χ1v) is 5.44. The molecule has 16 heavy (non-hydrogen) atoms. The van der Waals surface area contributed by atoms with Crippen LogP contribution in [0.2, 0.25) is 5.02 Å². The second-order valence-electron chi connectivity index (χ2n) is 3.59. The first kappa shape index (κ1) is 12.8. The zero-order valence-electron chi connectivity index (χ0n) is 9.24. The topological polar surface area (TPSA) is 72.3 Å². The van der Waals surface area contributed by atoms with Crippen LogP contribution >= 0.6 is 11.6 Å². The lowest BCUT2D eigenvalue weighted by atomic mass is 10.1. The van der Waals surface area contributed by atoms with E-state index >= 15 is 0 Å². The number of amides is 1. The lowest BCUT2D eigenvalue weighted by Gasteiger charge is -2.21. The molecule has 0 unspecified atom stereocenters. The zero-order chi connectivity index (χ0) is 12.1. The highest BCUT2D eigenvalue weighted by Gasteiger charge is 2.12. The molecule has 0 aromatic heterocycles. The predicted octanol–water partition coefficient (Wildman–Crippen LogP) is 1.22. The Morgan fingerprint density at radius 2 is 2.19 bits per heavy atom. The number of benzene rings is 1. The maximum Gasteiger partial charge on any atom is 0.250 e. The first-order valence-electron chi connectivity index (χ1n) is 5.07. The quantitative estimate of drug-likeness (QED) is 0.814. The maximum absolute atomic E-state index is 11.3. The van der Waals surface area contributed by atoms with Crippen LogP contribution in [0.3, 0.4) is 0 Å². The van der Waals surface area contributed by atoms with Gasteiger partial charge < -0.3 is 16.4 Å². The van der Waals surface area contributed by atoms with E-state index in [-0.39, 0.29) is 0 Å². The molecule has 0 fully saturated rings. The molecular formula is C11H16ClN3O. The summed E-state index contributed by atoms with van der Waals surface area (Å²) in [6, 6.07) is 5.11. The Bertz CT molecular complexity index is 381. The van der Waals surface area contributed by atoms with Crippen LogP contribution in [0.1, 0.15) is 16.8 Å². The van der Waals surface area contributed by atoms with Gasteiger partial charge >= 0.3 is 0 Å². The summed E-state index contributed by atoms with van der Waals surface area (Å²) in [5.74, 6) is -0.475. The van der Waals surface area contributed by atoms with Crippen LogP contribution in [-0.4, -0.2) is 26.0 Å². The molecule has 1 aromatic rings. The van der Waals surface area contributed by atoms with Gasteiger partial charge in [0.15, 0.2) is 0 Å². The van der Waals surface area contributed by atoms with E-state index in [2.05, 4.69) is 0 Å². The van der Waals surface area contributed by atoms with Crippen molar-refractivity contribution in [2.75, 3.05) is 25.0 Å². The van der Waals surface area contributed by atoms with Gasteiger partial charge in [0.25, 0.3) is 5.91 Å². The normalized spacial score (nSPS) is 10.2. The van der Waals surface area contributed by atoms with E-state index in [0.29, 0.717) is 17.1 Å². The van der Waals surface area contributed by atoms with Crippen LogP contribution in [0.4, 0.5) is 5.69 Å². The third kappa shape index (κ3) is 3.12. The molecule has 0 aliphatic heterocycles. The summed E-state index contributed by atoms with van der Waals surface area (Å²) in [5, 5.41) is 0.504. The molecule has 4 N–H and O–H groups in total. The average Bonchev–Trinajstić information content (AvgIpc) is 2.25. The molecule has 0 aliphatic rings. The smallest absolute Gasteiger partial charge is 0.250 e.